The van der Waals surface area contributed by atoms with E-state index in [1.165, 1.54) is 5.56 Å². The average Bonchev–Trinajstić information content (AvgIpc) is 2.03. The molecule has 0 aliphatic carbocycles. The van der Waals surface area contributed by atoms with Crippen molar-refractivity contribution in [1.82, 2.24) is 0 Å². The highest BCUT2D eigenvalue weighted by atomic mass is 79.9. The summed E-state index contributed by atoms with van der Waals surface area (Å²) >= 11 is 3.31. The summed E-state index contributed by atoms with van der Waals surface area (Å²) < 4.78 is 5.44. The third-order valence-electron chi connectivity index (χ3n) is 1.43. The van der Waals surface area contributed by atoms with E-state index < -0.39 is 0 Å². The zero-order chi connectivity index (χ0) is 8.10. The minimum atomic E-state index is 0.727. The Kier molecular flexibility index (Phi) is 3.43. The van der Waals surface area contributed by atoms with Crippen LogP contribution in [0.15, 0.2) is 24.3 Å². The standard InChI is InChI=1S/C9H11BrO/c1-8-4-2-3-5-9(8)11-7-6-10/h2-5H,6-7H2,1H3. The Labute approximate surface area is 75.5 Å². The first-order valence-corrected chi connectivity index (χ1v) is 4.71. The number of ether oxygens (including phenoxy) is 1. The predicted octanol–water partition coefficient (Wildman–Crippen LogP) is 2.77. The normalized spacial score (nSPS) is 9.64. The maximum Gasteiger partial charge on any atom is 0.122 e. The SMILES string of the molecule is Cc1ccccc1OCCBr. The Hall–Kier alpha value is -0.500. The second-order valence-electron chi connectivity index (χ2n) is 2.30. The van der Waals surface area contributed by atoms with Crippen molar-refractivity contribution in [2.75, 3.05) is 11.9 Å². The third kappa shape index (κ3) is 2.54. The Morgan fingerprint density at radius 3 is 2.73 bits per heavy atom. The summed E-state index contributed by atoms with van der Waals surface area (Å²) in [4.78, 5) is 0. The summed E-state index contributed by atoms with van der Waals surface area (Å²) in [6, 6.07) is 8.02. The van der Waals surface area contributed by atoms with Crippen molar-refractivity contribution in [3.8, 4) is 5.75 Å². The second kappa shape index (κ2) is 4.39. The van der Waals surface area contributed by atoms with Gasteiger partial charge in [-0.1, -0.05) is 34.1 Å². The highest BCUT2D eigenvalue weighted by Gasteiger charge is 1.94. The zero-order valence-corrected chi connectivity index (χ0v) is 8.10. The maximum absolute atomic E-state index is 5.44. The molecule has 1 aromatic carbocycles. The molecular weight excluding hydrogens is 204 g/mol. The molecule has 0 unspecified atom stereocenters. The maximum atomic E-state index is 5.44. The van der Waals surface area contributed by atoms with E-state index in [-0.39, 0.29) is 0 Å². The fraction of sp³-hybridized carbons (Fsp3) is 0.333. The van der Waals surface area contributed by atoms with Gasteiger partial charge in [-0.3, -0.25) is 0 Å². The van der Waals surface area contributed by atoms with Gasteiger partial charge in [-0.15, -0.1) is 0 Å². The molecule has 1 nitrogen and oxygen atoms in total. The van der Waals surface area contributed by atoms with Crippen LogP contribution in [-0.4, -0.2) is 11.9 Å². The molecule has 0 saturated heterocycles. The fourth-order valence-corrected chi connectivity index (χ4v) is 1.03. The van der Waals surface area contributed by atoms with E-state index in [2.05, 4.69) is 15.9 Å². The summed E-state index contributed by atoms with van der Waals surface area (Å²) in [7, 11) is 0. The van der Waals surface area contributed by atoms with Crippen LogP contribution in [0.3, 0.4) is 0 Å². The largest absolute Gasteiger partial charge is 0.492 e. The molecule has 60 valence electrons. The van der Waals surface area contributed by atoms with Gasteiger partial charge < -0.3 is 4.74 Å². The van der Waals surface area contributed by atoms with E-state index >= 15 is 0 Å². The molecule has 0 aromatic heterocycles. The first kappa shape index (κ1) is 8.60. The van der Waals surface area contributed by atoms with E-state index in [0.29, 0.717) is 0 Å². The van der Waals surface area contributed by atoms with Crippen LogP contribution in [0.5, 0.6) is 5.75 Å². The molecule has 0 fully saturated rings. The van der Waals surface area contributed by atoms with Gasteiger partial charge in [0.15, 0.2) is 0 Å². The number of hydrogen-bond acceptors (Lipinski definition) is 1. The molecule has 0 aliphatic heterocycles. The molecule has 0 saturated carbocycles. The summed E-state index contributed by atoms with van der Waals surface area (Å²) in [5.41, 5.74) is 1.19. The number of benzene rings is 1. The highest BCUT2D eigenvalue weighted by Crippen LogP contribution is 2.15. The van der Waals surface area contributed by atoms with E-state index in [1.54, 1.807) is 0 Å². The fourth-order valence-electron chi connectivity index (χ4n) is 0.867. The second-order valence-corrected chi connectivity index (χ2v) is 3.10. The van der Waals surface area contributed by atoms with Gasteiger partial charge in [-0.2, -0.15) is 0 Å². The molecule has 0 radical (unpaired) electrons. The van der Waals surface area contributed by atoms with Crippen LogP contribution in [0.25, 0.3) is 0 Å². The summed E-state index contributed by atoms with van der Waals surface area (Å²) in [6.45, 7) is 2.77. The highest BCUT2D eigenvalue weighted by molar-refractivity contribution is 9.09. The Balaban J connectivity index is 2.62. The van der Waals surface area contributed by atoms with Crippen molar-refractivity contribution < 1.29 is 4.74 Å². The first-order chi connectivity index (χ1) is 5.34. The molecule has 0 aliphatic rings. The van der Waals surface area contributed by atoms with E-state index in [9.17, 15) is 0 Å². The van der Waals surface area contributed by atoms with Gasteiger partial charge in [-0.05, 0) is 18.6 Å². The van der Waals surface area contributed by atoms with Gasteiger partial charge >= 0.3 is 0 Å². The monoisotopic (exact) mass is 214 g/mol. The van der Waals surface area contributed by atoms with E-state index in [1.807, 2.05) is 31.2 Å². The molecule has 2 heteroatoms. The summed E-state index contributed by atoms with van der Waals surface area (Å²) in [6.07, 6.45) is 0. The Bertz CT molecular complexity index is 223. The van der Waals surface area contributed by atoms with Gasteiger partial charge in [-0.25, -0.2) is 0 Å². The van der Waals surface area contributed by atoms with Crippen LogP contribution in [0.2, 0.25) is 0 Å². The Morgan fingerprint density at radius 1 is 1.36 bits per heavy atom. The smallest absolute Gasteiger partial charge is 0.122 e. The lowest BCUT2D eigenvalue weighted by atomic mass is 10.2. The molecule has 1 aromatic rings. The molecule has 0 N–H and O–H groups in total. The summed E-state index contributed by atoms with van der Waals surface area (Å²) in [5, 5.41) is 0.876. The average molecular weight is 215 g/mol. The van der Waals surface area contributed by atoms with Crippen LogP contribution in [0.4, 0.5) is 0 Å². The molecule has 0 amide bonds. The van der Waals surface area contributed by atoms with Crippen molar-refractivity contribution in [3.63, 3.8) is 0 Å². The van der Waals surface area contributed by atoms with Crippen molar-refractivity contribution in [1.29, 1.82) is 0 Å². The van der Waals surface area contributed by atoms with Gasteiger partial charge in [0, 0.05) is 5.33 Å². The number of halogens is 1. The number of rotatable bonds is 3. The summed E-state index contributed by atoms with van der Waals surface area (Å²) in [5.74, 6) is 0.979. The van der Waals surface area contributed by atoms with Gasteiger partial charge in [0.05, 0.1) is 6.61 Å². The molecule has 11 heavy (non-hydrogen) atoms. The van der Waals surface area contributed by atoms with Crippen LogP contribution < -0.4 is 4.74 Å². The van der Waals surface area contributed by atoms with Gasteiger partial charge in [0.1, 0.15) is 5.75 Å². The molecule has 0 heterocycles. The molecule has 1 rings (SSSR count). The minimum Gasteiger partial charge on any atom is -0.492 e. The quantitative estimate of drug-likeness (QED) is 0.704. The number of para-hydroxylation sites is 1. The molecule has 0 spiro atoms. The van der Waals surface area contributed by atoms with Crippen molar-refractivity contribution in [2.24, 2.45) is 0 Å². The molecular formula is C9H11BrO. The molecule has 0 atom stereocenters. The van der Waals surface area contributed by atoms with Crippen molar-refractivity contribution in [3.05, 3.63) is 29.8 Å². The minimum absolute atomic E-state index is 0.727. The van der Waals surface area contributed by atoms with Gasteiger partial charge in [0.2, 0.25) is 0 Å². The predicted molar refractivity (Wildman–Crippen MR) is 50.5 cm³/mol. The molecule has 0 bridgehead atoms. The van der Waals surface area contributed by atoms with Crippen LogP contribution in [0.1, 0.15) is 5.56 Å². The number of hydrogen-bond donors (Lipinski definition) is 0. The number of alkyl halides is 1. The van der Waals surface area contributed by atoms with Crippen LogP contribution >= 0.6 is 15.9 Å². The lowest BCUT2D eigenvalue weighted by molar-refractivity contribution is 0.342. The van der Waals surface area contributed by atoms with Crippen molar-refractivity contribution in [2.45, 2.75) is 6.92 Å². The van der Waals surface area contributed by atoms with E-state index in [0.717, 1.165) is 17.7 Å². The zero-order valence-electron chi connectivity index (χ0n) is 6.51. The van der Waals surface area contributed by atoms with Crippen molar-refractivity contribution >= 4 is 15.9 Å². The lowest BCUT2D eigenvalue weighted by Gasteiger charge is -2.05. The Morgan fingerprint density at radius 2 is 2.09 bits per heavy atom. The van der Waals surface area contributed by atoms with Crippen LogP contribution in [-0.2, 0) is 0 Å². The topological polar surface area (TPSA) is 9.23 Å². The van der Waals surface area contributed by atoms with E-state index in [4.69, 9.17) is 4.74 Å². The van der Waals surface area contributed by atoms with Crippen LogP contribution in [0, 0.1) is 6.92 Å². The van der Waals surface area contributed by atoms with Gasteiger partial charge in [0.25, 0.3) is 0 Å². The number of aryl methyl sites for hydroxylation is 1. The lowest BCUT2D eigenvalue weighted by Crippen LogP contribution is -1.98. The third-order valence-corrected chi connectivity index (χ3v) is 1.75. The first-order valence-electron chi connectivity index (χ1n) is 3.59.